The summed E-state index contributed by atoms with van der Waals surface area (Å²) < 4.78 is 19.7. The van der Waals surface area contributed by atoms with Crippen molar-refractivity contribution in [2.45, 2.75) is 128 Å². The molecule has 34 heavy (non-hydrogen) atoms. The highest BCUT2D eigenvalue weighted by molar-refractivity contribution is 5.17. The molecule has 1 aromatic carbocycles. The van der Waals surface area contributed by atoms with Crippen molar-refractivity contribution in [2.24, 2.45) is 5.92 Å². The summed E-state index contributed by atoms with van der Waals surface area (Å²) in [5, 5.41) is 2.31. The van der Waals surface area contributed by atoms with Crippen LogP contribution in [0.1, 0.15) is 105 Å². The lowest BCUT2D eigenvalue weighted by molar-refractivity contribution is -0.380. The maximum absolute atomic E-state index is 6.81. The van der Waals surface area contributed by atoms with E-state index in [1.807, 2.05) is 0 Å². The summed E-state index contributed by atoms with van der Waals surface area (Å²) >= 11 is 0. The molecule has 1 aromatic rings. The Kier molecular flexibility index (Phi) is 8.10. The van der Waals surface area contributed by atoms with E-state index in [-0.39, 0.29) is 29.2 Å². The van der Waals surface area contributed by atoms with Gasteiger partial charge in [0.25, 0.3) is 0 Å². The number of hydrogen-bond donors (Lipinski definition) is 0. The van der Waals surface area contributed by atoms with Gasteiger partial charge in [0.15, 0.2) is 5.79 Å². The molecule has 1 aliphatic carbocycles. The monoisotopic (exact) mass is 473 g/mol. The highest BCUT2D eigenvalue weighted by atomic mass is 16.8. The largest absolute Gasteiger partial charge is 0.375 e. The lowest BCUT2D eigenvalue weighted by atomic mass is 9.67. The highest BCUT2D eigenvalue weighted by Gasteiger charge is 2.64. The van der Waals surface area contributed by atoms with Crippen molar-refractivity contribution in [2.75, 3.05) is 13.2 Å². The van der Waals surface area contributed by atoms with Crippen LogP contribution in [0.15, 0.2) is 30.3 Å². The fourth-order valence-corrected chi connectivity index (χ4v) is 6.39. The molecule has 3 aliphatic rings. The van der Waals surface area contributed by atoms with Gasteiger partial charge in [-0.15, -0.1) is 0 Å². The van der Waals surface area contributed by atoms with Gasteiger partial charge in [0.1, 0.15) is 12.2 Å². The average molecular weight is 474 g/mol. The van der Waals surface area contributed by atoms with Crippen LogP contribution in [0.5, 0.6) is 0 Å². The minimum absolute atomic E-state index is 0.00213. The SMILES string of the molecule is CCC1(C)CC2(OCC(COC3CCCCC3)O2)C(C)C(C)(CC)N1OC(C)c1ccccc1. The van der Waals surface area contributed by atoms with E-state index < -0.39 is 5.79 Å². The molecule has 0 aromatic heterocycles. The van der Waals surface area contributed by atoms with E-state index in [4.69, 9.17) is 19.0 Å². The quantitative estimate of drug-likeness (QED) is 0.414. The van der Waals surface area contributed by atoms with Crippen LogP contribution in [0, 0.1) is 5.92 Å². The Labute approximate surface area is 207 Å². The number of hydroxylamine groups is 2. The van der Waals surface area contributed by atoms with Crippen molar-refractivity contribution in [3.63, 3.8) is 0 Å². The molecule has 0 bridgehead atoms. The second kappa shape index (κ2) is 10.6. The first-order valence-electron chi connectivity index (χ1n) is 13.7. The third-order valence-corrected chi connectivity index (χ3v) is 9.13. The van der Waals surface area contributed by atoms with Gasteiger partial charge in [0, 0.05) is 17.9 Å². The summed E-state index contributed by atoms with van der Waals surface area (Å²) in [6, 6.07) is 10.5. The molecule has 5 nitrogen and oxygen atoms in total. The number of piperidine rings is 1. The van der Waals surface area contributed by atoms with Crippen LogP contribution in [0.3, 0.4) is 0 Å². The van der Waals surface area contributed by atoms with E-state index in [9.17, 15) is 0 Å². The third-order valence-electron chi connectivity index (χ3n) is 9.13. The Balaban J connectivity index is 1.51. The summed E-state index contributed by atoms with van der Waals surface area (Å²) in [6.07, 6.45) is 9.34. The van der Waals surface area contributed by atoms with Crippen molar-refractivity contribution in [1.29, 1.82) is 0 Å². The van der Waals surface area contributed by atoms with Gasteiger partial charge in [-0.2, -0.15) is 5.06 Å². The fraction of sp³-hybridized carbons (Fsp3) is 0.793. The average Bonchev–Trinajstić information content (AvgIpc) is 3.28. The first-order valence-corrected chi connectivity index (χ1v) is 13.7. The van der Waals surface area contributed by atoms with Crippen molar-refractivity contribution in [1.82, 2.24) is 5.06 Å². The summed E-state index contributed by atoms with van der Waals surface area (Å²) in [4.78, 5) is 6.81. The molecular weight excluding hydrogens is 426 g/mol. The van der Waals surface area contributed by atoms with E-state index in [0.29, 0.717) is 19.3 Å². The van der Waals surface area contributed by atoms with Crippen molar-refractivity contribution in [3.05, 3.63) is 35.9 Å². The van der Waals surface area contributed by atoms with Gasteiger partial charge in [-0.05, 0) is 52.0 Å². The van der Waals surface area contributed by atoms with Crippen LogP contribution < -0.4 is 0 Å². The van der Waals surface area contributed by atoms with Gasteiger partial charge in [-0.1, -0.05) is 70.4 Å². The van der Waals surface area contributed by atoms with Gasteiger partial charge >= 0.3 is 0 Å². The second-order valence-corrected chi connectivity index (χ2v) is 11.4. The number of hydrogen-bond acceptors (Lipinski definition) is 5. The first-order chi connectivity index (χ1) is 16.3. The Morgan fingerprint density at radius 2 is 1.76 bits per heavy atom. The van der Waals surface area contributed by atoms with E-state index in [1.54, 1.807) is 0 Å². The lowest BCUT2D eigenvalue weighted by Gasteiger charge is -2.62. The van der Waals surface area contributed by atoms with Gasteiger partial charge in [-0.25, -0.2) is 0 Å². The van der Waals surface area contributed by atoms with Crippen molar-refractivity contribution in [3.8, 4) is 0 Å². The van der Waals surface area contributed by atoms with Gasteiger partial charge in [-0.3, -0.25) is 4.84 Å². The molecular formula is C29H47NO4. The molecule has 5 heteroatoms. The minimum Gasteiger partial charge on any atom is -0.375 e. The Bertz CT molecular complexity index is 784. The molecule has 6 unspecified atom stereocenters. The van der Waals surface area contributed by atoms with Gasteiger partial charge in [0.2, 0.25) is 0 Å². The Hall–Kier alpha value is -0.980. The first kappa shape index (κ1) is 26.1. The van der Waals surface area contributed by atoms with E-state index in [0.717, 1.165) is 19.3 Å². The molecule has 4 rings (SSSR count). The van der Waals surface area contributed by atoms with E-state index >= 15 is 0 Å². The number of nitrogens with zero attached hydrogens (tertiary/aromatic N) is 1. The summed E-state index contributed by atoms with van der Waals surface area (Å²) in [5.41, 5.74) is 0.755. The molecule has 1 saturated carbocycles. The van der Waals surface area contributed by atoms with Crippen LogP contribution in [-0.2, 0) is 19.0 Å². The number of rotatable bonds is 8. The van der Waals surface area contributed by atoms with Crippen LogP contribution in [-0.4, -0.2) is 47.3 Å². The maximum Gasteiger partial charge on any atom is 0.175 e. The van der Waals surface area contributed by atoms with Gasteiger partial charge in [0.05, 0.1) is 24.9 Å². The zero-order valence-corrected chi connectivity index (χ0v) is 22.3. The van der Waals surface area contributed by atoms with Gasteiger partial charge < -0.3 is 14.2 Å². The van der Waals surface area contributed by atoms with Crippen LogP contribution in [0.4, 0.5) is 0 Å². The highest BCUT2D eigenvalue weighted by Crippen LogP contribution is 2.54. The molecule has 2 aliphatic heterocycles. The molecule has 0 amide bonds. The van der Waals surface area contributed by atoms with Crippen LogP contribution >= 0.6 is 0 Å². The predicted octanol–water partition coefficient (Wildman–Crippen LogP) is 6.82. The number of ether oxygens (including phenoxy) is 3. The topological polar surface area (TPSA) is 40.2 Å². The van der Waals surface area contributed by atoms with Crippen LogP contribution in [0.25, 0.3) is 0 Å². The molecule has 2 saturated heterocycles. The molecule has 192 valence electrons. The normalized spacial score (nSPS) is 38.4. The predicted molar refractivity (Wildman–Crippen MR) is 135 cm³/mol. The molecule has 1 spiro atoms. The summed E-state index contributed by atoms with van der Waals surface area (Å²) in [5.74, 6) is -0.460. The standard InChI is InChI=1S/C29H47NO4/c1-7-27(5)21-29(32-20-26(33-29)19-31-25-17-13-10-14-18-25)23(4)28(6,8-2)30(27)34-22(3)24-15-11-9-12-16-24/h9,11-12,15-16,22-23,25-26H,7-8,10,13-14,17-21H2,1-6H3. The fourth-order valence-electron chi connectivity index (χ4n) is 6.39. The number of benzene rings is 1. The zero-order valence-electron chi connectivity index (χ0n) is 22.3. The smallest absolute Gasteiger partial charge is 0.175 e. The minimum atomic E-state index is -0.605. The third kappa shape index (κ3) is 4.97. The summed E-state index contributed by atoms with van der Waals surface area (Å²) in [6.45, 7) is 14.8. The molecule has 0 radical (unpaired) electrons. The Morgan fingerprint density at radius 3 is 2.41 bits per heavy atom. The van der Waals surface area contributed by atoms with E-state index in [1.165, 1.54) is 37.7 Å². The van der Waals surface area contributed by atoms with Crippen LogP contribution in [0.2, 0.25) is 0 Å². The zero-order chi connectivity index (χ0) is 24.4. The lowest BCUT2D eigenvalue weighted by Crippen LogP contribution is -2.71. The molecule has 0 N–H and O–H groups in total. The maximum atomic E-state index is 6.81. The summed E-state index contributed by atoms with van der Waals surface area (Å²) in [7, 11) is 0. The van der Waals surface area contributed by atoms with E-state index in [2.05, 4.69) is 76.9 Å². The van der Waals surface area contributed by atoms with Crippen molar-refractivity contribution >= 4 is 0 Å². The molecule has 3 fully saturated rings. The Morgan fingerprint density at radius 1 is 1.06 bits per heavy atom. The van der Waals surface area contributed by atoms with Crippen molar-refractivity contribution < 1.29 is 19.0 Å². The molecule has 6 atom stereocenters. The second-order valence-electron chi connectivity index (χ2n) is 11.4. The molecule has 2 heterocycles.